The number of sulfone groups is 1. The van der Waals surface area contributed by atoms with Gasteiger partial charge >= 0.3 is 5.76 Å². The van der Waals surface area contributed by atoms with Crippen molar-refractivity contribution in [2.45, 2.75) is 54.8 Å². The molecule has 1 amide bonds. The van der Waals surface area contributed by atoms with Gasteiger partial charge in [0.1, 0.15) is 4.88 Å². The molecule has 3 N–H and O–H groups in total. The van der Waals surface area contributed by atoms with E-state index in [1.807, 2.05) is 0 Å². The first kappa shape index (κ1) is 17.8. The number of carbonyl (C=O) groups is 1. The number of carbonyl (C=O) groups excluding carboxylic acids is 1. The molecule has 2 saturated carbocycles. The molecule has 2 aliphatic rings. The van der Waals surface area contributed by atoms with Crippen LogP contribution in [0.5, 0.6) is 0 Å². The number of nitrogens with two attached hydrogens (primary N) is 1. The van der Waals surface area contributed by atoms with E-state index in [1.165, 1.54) is 5.38 Å². The van der Waals surface area contributed by atoms with Crippen molar-refractivity contribution >= 4 is 27.1 Å². The number of amides is 1. The van der Waals surface area contributed by atoms with Crippen LogP contribution in [0.2, 0.25) is 0 Å². The molecule has 2 aliphatic carbocycles. The average molecular weight is 378 g/mol. The maximum Gasteiger partial charge on any atom is 0.341 e. The molecule has 0 spiro atoms. The zero-order valence-corrected chi connectivity index (χ0v) is 14.6. The smallest absolute Gasteiger partial charge is 0.341 e. The summed E-state index contributed by atoms with van der Waals surface area (Å²) in [5.74, 6) is -3.58. The van der Waals surface area contributed by atoms with E-state index in [4.69, 9.17) is 5.73 Å². The lowest BCUT2D eigenvalue weighted by Crippen LogP contribution is -2.53. The number of hydrogen-bond acceptors (Lipinski definition) is 5. The van der Waals surface area contributed by atoms with Gasteiger partial charge in [0.25, 0.3) is 5.91 Å². The topological polar surface area (TPSA) is 89.3 Å². The molecule has 2 fully saturated rings. The summed E-state index contributed by atoms with van der Waals surface area (Å²) in [6.45, 7) is 0. The van der Waals surface area contributed by atoms with E-state index in [9.17, 15) is 22.0 Å². The lowest BCUT2D eigenvalue weighted by Gasteiger charge is -2.45. The highest BCUT2D eigenvalue weighted by Crippen LogP contribution is 2.40. The van der Waals surface area contributed by atoms with Gasteiger partial charge < -0.3 is 11.1 Å². The van der Waals surface area contributed by atoms with Gasteiger partial charge in [0.2, 0.25) is 9.84 Å². The number of fused-ring (bicyclic) bond motifs is 2. The van der Waals surface area contributed by atoms with Crippen molar-refractivity contribution in [3.8, 4) is 0 Å². The fourth-order valence-electron chi connectivity index (χ4n) is 4.02. The molecule has 3 rings (SSSR count). The molecule has 2 atom stereocenters. The van der Waals surface area contributed by atoms with Crippen LogP contribution in [0, 0.1) is 11.8 Å². The molecule has 134 valence electrons. The minimum atomic E-state index is -4.78. The van der Waals surface area contributed by atoms with Crippen LogP contribution in [0.25, 0.3) is 0 Å². The number of rotatable bonds is 4. The minimum absolute atomic E-state index is 0.0599. The SMILES string of the molecule is NC1CC2CCCC(C1)C2NC(=O)c1sccc1S(=O)(=O)C(F)F. The second kappa shape index (κ2) is 6.68. The molecule has 0 aliphatic heterocycles. The van der Waals surface area contributed by atoms with Gasteiger partial charge in [0.15, 0.2) is 0 Å². The number of halogens is 2. The summed E-state index contributed by atoms with van der Waals surface area (Å²) in [6, 6.07) is 1.14. The van der Waals surface area contributed by atoms with Crippen molar-refractivity contribution < 1.29 is 22.0 Å². The van der Waals surface area contributed by atoms with Crippen LogP contribution >= 0.6 is 11.3 Å². The number of alkyl halides is 2. The van der Waals surface area contributed by atoms with Crippen LogP contribution in [0.4, 0.5) is 8.78 Å². The fourth-order valence-corrected chi connectivity index (χ4v) is 6.09. The van der Waals surface area contributed by atoms with Crippen LogP contribution in [0.1, 0.15) is 41.8 Å². The predicted molar refractivity (Wildman–Crippen MR) is 86.8 cm³/mol. The van der Waals surface area contributed by atoms with E-state index in [0.29, 0.717) is 0 Å². The van der Waals surface area contributed by atoms with E-state index >= 15 is 0 Å². The quantitative estimate of drug-likeness (QED) is 0.842. The van der Waals surface area contributed by atoms with Gasteiger partial charge in [-0.3, -0.25) is 4.79 Å². The minimum Gasteiger partial charge on any atom is -0.348 e. The van der Waals surface area contributed by atoms with Gasteiger partial charge in [-0.25, -0.2) is 8.42 Å². The molecule has 24 heavy (non-hydrogen) atoms. The molecule has 1 aromatic heterocycles. The van der Waals surface area contributed by atoms with E-state index in [-0.39, 0.29) is 28.8 Å². The van der Waals surface area contributed by atoms with Crippen molar-refractivity contribution in [3.05, 3.63) is 16.3 Å². The monoisotopic (exact) mass is 378 g/mol. The standard InChI is InChI=1S/C15H20F2N2O3S2/c16-15(17)24(21,22)11-4-5-23-13(11)14(20)19-12-8-2-1-3-9(12)7-10(18)6-8/h4-5,8-10,12,15H,1-3,6-7,18H2,(H,19,20). The number of thiophene rings is 1. The van der Waals surface area contributed by atoms with Crippen molar-refractivity contribution in [2.75, 3.05) is 0 Å². The molecule has 1 aromatic rings. The van der Waals surface area contributed by atoms with E-state index in [1.54, 1.807) is 0 Å². The predicted octanol–water partition coefficient (Wildman–Crippen LogP) is 2.38. The second-order valence-corrected chi connectivity index (χ2v) is 9.40. The Hall–Kier alpha value is -1.06. The van der Waals surface area contributed by atoms with Gasteiger partial charge in [-0.05, 0) is 49.0 Å². The Balaban J connectivity index is 1.81. The Kier molecular flexibility index (Phi) is 4.94. The van der Waals surface area contributed by atoms with Crippen molar-refractivity contribution in [3.63, 3.8) is 0 Å². The highest BCUT2D eigenvalue weighted by Gasteiger charge is 2.41. The summed E-state index contributed by atoms with van der Waals surface area (Å²) in [7, 11) is -4.78. The Labute approximate surface area is 143 Å². The van der Waals surface area contributed by atoms with Gasteiger partial charge in [0, 0.05) is 12.1 Å². The lowest BCUT2D eigenvalue weighted by molar-refractivity contribution is 0.0757. The third-order valence-corrected chi connectivity index (χ3v) is 7.52. The molecule has 0 radical (unpaired) electrons. The molecule has 2 bridgehead atoms. The zero-order chi connectivity index (χ0) is 17.5. The summed E-state index contributed by atoms with van der Waals surface area (Å²) in [5.41, 5.74) is 6.05. The van der Waals surface area contributed by atoms with Gasteiger partial charge in [-0.1, -0.05) is 6.42 Å². The molecule has 0 saturated heterocycles. The first-order valence-corrected chi connectivity index (χ1v) is 10.4. The van der Waals surface area contributed by atoms with E-state index < -0.39 is 26.4 Å². The molecule has 5 nitrogen and oxygen atoms in total. The molecule has 2 unspecified atom stereocenters. The average Bonchev–Trinajstić information content (AvgIpc) is 2.98. The maximum absolute atomic E-state index is 12.8. The number of nitrogens with one attached hydrogen (secondary N) is 1. The molecular weight excluding hydrogens is 358 g/mol. The fraction of sp³-hybridized carbons (Fsp3) is 0.667. The van der Waals surface area contributed by atoms with Crippen LogP contribution in [0.15, 0.2) is 16.3 Å². The highest BCUT2D eigenvalue weighted by atomic mass is 32.2. The van der Waals surface area contributed by atoms with Crippen LogP contribution in [-0.4, -0.2) is 32.2 Å². The Morgan fingerprint density at radius 2 is 1.92 bits per heavy atom. The van der Waals surface area contributed by atoms with Crippen LogP contribution in [0.3, 0.4) is 0 Å². The van der Waals surface area contributed by atoms with Crippen molar-refractivity contribution in [1.82, 2.24) is 5.32 Å². The third kappa shape index (κ3) is 3.21. The first-order valence-electron chi connectivity index (χ1n) is 7.96. The Morgan fingerprint density at radius 3 is 2.50 bits per heavy atom. The molecular formula is C15H20F2N2O3S2. The third-order valence-electron chi connectivity index (χ3n) is 5.05. The van der Waals surface area contributed by atoms with Crippen molar-refractivity contribution in [1.29, 1.82) is 0 Å². The normalized spacial score (nSPS) is 30.3. The number of hydrogen-bond donors (Lipinski definition) is 2. The van der Waals surface area contributed by atoms with Crippen LogP contribution < -0.4 is 11.1 Å². The summed E-state index contributed by atoms with van der Waals surface area (Å²) >= 11 is 0.870. The summed E-state index contributed by atoms with van der Waals surface area (Å²) in [4.78, 5) is 11.8. The van der Waals surface area contributed by atoms with Crippen molar-refractivity contribution in [2.24, 2.45) is 17.6 Å². The maximum atomic E-state index is 12.8. The highest BCUT2D eigenvalue weighted by molar-refractivity contribution is 7.92. The molecule has 1 heterocycles. The van der Waals surface area contributed by atoms with E-state index in [0.717, 1.165) is 49.5 Å². The Bertz CT molecular complexity index is 706. The lowest BCUT2D eigenvalue weighted by atomic mass is 9.67. The zero-order valence-electron chi connectivity index (χ0n) is 13.0. The summed E-state index contributed by atoms with van der Waals surface area (Å²) in [5, 5.41) is 4.25. The van der Waals surface area contributed by atoms with Gasteiger partial charge in [0.05, 0.1) is 4.90 Å². The van der Waals surface area contributed by atoms with Crippen LogP contribution in [-0.2, 0) is 9.84 Å². The summed E-state index contributed by atoms with van der Waals surface area (Å²) in [6.07, 6.45) is 4.70. The van der Waals surface area contributed by atoms with E-state index in [2.05, 4.69) is 5.32 Å². The van der Waals surface area contributed by atoms with Gasteiger partial charge in [-0.15, -0.1) is 11.3 Å². The molecule has 0 aromatic carbocycles. The summed E-state index contributed by atoms with van der Waals surface area (Å²) < 4.78 is 49.0. The Morgan fingerprint density at radius 1 is 1.29 bits per heavy atom. The largest absolute Gasteiger partial charge is 0.348 e. The van der Waals surface area contributed by atoms with Gasteiger partial charge in [-0.2, -0.15) is 8.78 Å². The first-order chi connectivity index (χ1) is 11.3. The second-order valence-electron chi connectivity index (χ2n) is 6.60. The molecule has 9 heteroatoms.